The summed E-state index contributed by atoms with van der Waals surface area (Å²) in [5.41, 5.74) is 0. The molecular formula is C14H26N2O2. The summed E-state index contributed by atoms with van der Waals surface area (Å²) in [6, 6.07) is 0.529. The number of aliphatic hydroxyl groups is 1. The highest BCUT2D eigenvalue weighted by atomic mass is 16.3. The highest BCUT2D eigenvalue weighted by molar-refractivity contribution is 5.75. The van der Waals surface area contributed by atoms with Gasteiger partial charge in [0, 0.05) is 24.9 Å². The molecule has 1 heterocycles. The second kappa shape index (κ2) is 7.10. The normalized spacial score (nSPS) is 32.4. The van der Waals surface area contributed by atoms with Crippen LogP contribution in [0.4, 0.5) is 0 Å². The Labute approximate surface area is 110 Å². The van der Waals surface area contributed by atoms with Gasteiger partial charge in [-0.2, -0.15) is 0 Å². The van der Waals surface area contributed by atoms with Gasteiger partial charge in [0.05, 0.1) is 6.10 Å². The van der Waals surface area contributed by atoms with Crippen LogP contribution < -0.4 is 10.6 Å². The molecule has 0 spiro atoms. The molecule has 104 valence electrons. The summed E-state index contributed by atoms with van der Waals surface area (Å²) in [6.45, 7) is 1.75. The van der Waals surface area contributed by atoms with Crippen molar-refractivity contribution in [3.63, 3.8) is 0 Å². The van der Waals surface area contributed by atoms with Crippen molar-refractivity contribution in [2.24, 2.45) is 5.92 Å². The van der Waals surface area contributed by atoms with Crippen LogP contribution in [0.15, 0.2) is 0 Å². The van der Waals surface area contributed by atoms with Crippen LogP contribution in [0, 0.1) is 5.92 Å². The van der Waals surface area contributed by atoms with E-state index in [0.717, 1.165) is 32.2 Å². The third kappa shape index (κ3) is 4.25. The van der Waals surface area contributed by atoms with E-state index in [1.165, 1.54) is 19.3 Å². The number of carbonyl (C=O) groups is 1. The molecular weight excluding hydrogens is 228 g/mol. The number of carbonyl (C=O) groups excluding carboxylic acids is 1. The van der Waals surface area contributed by atoms with Gasteiger partial charge in [-0.25, -0.2) is 0 Å². The number of hydrogen-bond donors (Lipinski definition) is 3. The van der Waals surface area contributed by atoms with E-state index >= 15 is 0 Å². The summed E-state index contributed by atoms with van der Waals surface area (Å²) in [4.78, 5) is 11.7. The second-order valence-corrected chi connectivity index (χ2v) is 5.75. The van der Waals surface area contributed by atoms with Crippen molar-refractivity contribution in [3.8, 4) is 0 Å². The Morgan fingerprint density at radius 1 is 1.22 bits per heavy atom. The molecule has 0 radical (unpaired) electrons. The Morgan fingerprint density at radius 3 is 2.78 bits per heavy atom. The molecule has 2 rings (SSSR count). The average molecular weight is 254 g/mol. The lowest BCUT2D eigenvalue weighted by molar-refractivity contribution is -0.121. The monoisotopic (exact) mass is 254 g/mol. The van der Waals surface area contributed by atoms with Crippen LogP contribution >= 0.6 is 0 Å². The maximum atomic E-state index is 11.7. The third-order valence-electron chi connectivity index (χ3n) is 4.31. The molecule has 18 heavy (non-hydrogen) atoms. The zero-order chi connectivity index (χ0) is 12.8. The first-order valence-corrected chi connectivity index (χ1v) is 7.44. The second-order valence-electron chi connectivity index (χ2n) is 5.75. The molecule has 3 unspecified atom stereocenters. The van der Waals surface area contributed by atoms with E-state index in [4.69, 9.17) is 0 Å². The minimum atomic E-state index is -0.203. The van der Waals surface area contributed by atoms with Crippen LogP contribution in [0.5, 0.6) is 0 Å². The molecule has 0 aromatic carbocycles. The SMILES string of the molecule is O=C(CCC1CCCCN1)NCC1CCCC1O. The number of piperidine rings is 1. The lowest BCUT2D eigenvalue weighted by atomic mass is 10.0. The van der Waals surface area contributed by atoms with Crippen LogP contribution in [0.3, 0.4) is 0 Å². The van der Waals surface area contributed by atoms with Gasteiger partial charge in [0.25, 0.3) is 0 Å². The molecule has 4 nitrogen and oxygen atoms in total. The Balaban J connectivity index is 1.57. The van der Waals surface area contributed by atoms with E-state index in [0.29, 0.717) is 19.0 Å². The highest BCUT2D eigenvalue weighted by Crippen LogP contribution is 2.24. The summed E-state index contributed by atoms with van der Waals surface area (Å²) in [6.07, 6.45) is 8.14. The molecule has 0 aromatic rings. The minimum Gasteiger partial charge on any atom is -0.393 e. The van der Waals surface area contributed by atoms with Crippen molar-refractivity contribution >= 4 is 5.91 Å². The maximum absolute atomic E-state index is 11.7. The standard InChI is InChI=1S/C14H26N2O2/c17-13-6-3-4-11(13)10-16-14(18)8-7-12-5-1-2-9-15-12/h11-13,15,17H,1-10H2,(H,16,18). The van der Waals surface area contributed by atoms with E-state index in [-0.39, 0.29) is 17.9 Å². The Morgan fingerprint density at radius 2 is 2.11 bits per heavy atom. The summed E-state index contributed by atoms with van der Waals surface area (Å²) in [5, 5.41) is 16.1. The Kier molecular flexibility index (Phi) is 5.45. The van der Waals surface area contributed by atoms with Crippen molar-refractivity contribution < 1.29 is 9.90 Å². The van der Waals surface area contributed by atoms with Crippen LogP contribution in [0.2, 0.25) is 0 Å². The van der Waals surface area contributed by atoms with Gasteiger partial charge in [-0.05, 0) is 38.6 Å². The quantitative estimate of drug-likeness (QED) is 0.690. The zero-order valence-corrected chi connectivity index (χ0v) is 11.2. The van der Waals surface area contributed by atoms with Crippen molar-refractivity contribution in [3.05, 3.63) is 0 Å². The third-order valence-corrected chi connectivity index (χ3v) is 4.31. The van der Waals surface area contributed by atoms with E-state index in [9.17, 15) is 9.90 Å². The van der Waals surface area contributed by atoms with Gasteiger partial charge < -0.3 is 15.7 Å². The topological polar surface area (TPSA) is 61.4 Å². The molecule has 2 fully saturated rings. The molecule has 4 heteroatoms. The van der Waals surface area contributed by atoms with Gasteiger partial charge in [-0.3, -0.25) is 4.79 Å². The highest BCUT2D eigenvalue weighted by Gasteiger charge is 2.25. The van der Waals surface area contributed by atoms with Gasteiger partial charge in [0.1, 0.15) is 0 Å². The van der Waals surface area contributed by atoms with E-state index < -0.39 is 0 Å². The van der Waals surface area contributed by atoms with Crippen molar-refractivity contribution in [2.45, 2.75) is 63.5 Å². The van der Waals surface area contributed by atoms with Gasteiger partial charge in [-0.15, -0.1) is 0 Å². The molecule has 3 atom stereocenters. The largest absolute Gasteiger partial charge is 0.393 e. The Bertz CT molecular complexity index is 265. The van der Waals surface area contributed by atoms with Gasteiger partial charge in [0.15, 0.2) is 0 Å². The molecule has 2 aliphatic rings. The number of hydrogen-bond acceptors (Lipinski definition) is 3. The van der Waals surface area contributed by atoms with Crippen molar-refractivity contribution in [1.82, 2.24) is 10.6 Å². The van der Waals surface area contributed by atoms with Crippen molar-refractivity contribution in [2.75, 3.05) is 13.1 Å². The minimum absolute atomic E-state index is 0.140. The predicted octanol–water partition coefficient (Wildman–Crippen LogP) is 1.19. The van der Waals surface area contributed by atoms with Crippen LogP contribution in [0.1, 0.15) is 51.4 Å². The molecule has 1 aliphatic heterocycles. The number of rotatable bonds is 5. The lowest BCUT2D eigenvalue weighted by Crippen LogP contribution is -2.36. The molecule has 3 N–H and O–H groups in total. The zero-order valence-electron chi connectivity index (χ0n) is 11.2. The summed E-state index contributed by atoms with van der Waals surface area (Å²) < 4.78 is 0. The first-order chi connectivity index (χ1) is 8.75. The fourth-order valence-corrected chi connectivity index (χ4v) is 3.06. The van der Waals surface area contributed by atoms with Gasteiger partial charge in [0.2, 0.25) is 5.91 Å². The van der Waals surface area contributed by atoms with Gasteiger partial charge >= 0.3 is 0 Å². The van der Waals surface area contributed by atoms with Crippen molar-refractivity contribution in [1.29, 1.82) is 0 Å². The number of amides is 1. The lowest BCUT2D eigenvalue weighted by Gasteiger charge is -2.23. The van der Waals surface area contributed by atoms with Crippen LogP contribution in [0.25, 0.3) is 0 Å². The summed E-state index contributed by atoms with van der Waals surface area (Å²) in [7, 11) is 0. The molecule has 1 saturated heterocycles. The maximum Gasteiger partial charge on any atom is 0.220 e. The average Bonchev–Trinajstić information content (AvgIpc) is 2.81. The first kappa shape index (κ1) is 13.8. The Hall–Kier alpha value is -0.610. The fourth-order valence-electron chi connectivity index (χ4n) is 3.06. The molecule has 0 aromatic heterocycles. The van der Waals surface area contributed by atoms with E-state index in [1.807, 2.05) is 0 Å². The molecule has 1 saturated carbocycles. The number of nitrogens with one attached hydrogen (secondary N) is 2. The fraction of sp³-hybridized carbons (Fsp3) is 0.929. The number of aliphatic hydroxyl groups excluding tert-OH is 1. The molecule has 0 bridgehead atoms. The van der Waals surface area contributed by atoms with E-state index in [1.54, 1.807) is 0 Å². The summed E-state index contributed by atoms with van der Waals surface area (Å²) >= 11 is 0. The molecule has 1 aliphatic carbocycles. The predicted molar refractivity (Wildman–Crippen MR) is 71.2 cm³/mol. The first-order valence-electron chi connectivity index (χ1n) is 7.44. The van der Waals surface area contributed by atoms with Gasteiger partial charge in [-0.1, -0.05) is 12.8 Å². The van der Waals surface area contributed by atoms with Crippen LogP contribution in [-0.2, 0) is 4.79 Å². The smallest absolute Gasteiger partial charge is 0.220 e. The molecule has 1 amide bonds. The van der Waals surface area contributed by atoms with E-state index in [2.05, 4.69) is 10.6 Å². The summed E-state index contributed by atoms with van der Waals surface area (Å²) in [5.74, 6) is 0.420. The van der Waals surface area contributed by atoms with Crippen LogP contribution in [-0.4, -0.2) is 36.2 Å².